The predicted octanol–water partition coefficient (Wildman–Crippen LogP) is 6.00. The van der Waals surface area contributed by atoms with Gasteiger partial charge in [0.1, 0.15) is 0 Å². The quantitative estimate of drug-likeness (QED) is 0.272. The average Bonchev–Trinajstić information content (AvgIpc) is 2.66. The lowest BCUT2D eigenvalue weighted by Gasteiger charge is -2.19. The summed E-state index contributed by atoms with van der Waals surface area (Å²) >= 11 is 0. The molecule has 4 aromatic carbocycles. The van der Waals surface area contributed by atoms with Crippen molar-refractivity contribution < 1.29 is 0 Å². The number of rotatable bonds is 0. The fourth-order valence-electron chi connectivity index (χ4n) is 3.49. The molecule has 6 N–H and O–H groups in total. The molecular formula is C22H29N3. The Morgan fingerprint density at radius 3 is 1.68 bits per heavy atom. The molecule has 0 aromatic heterocycles. The maximum absolute atomic E-state index is 6.37. The van der Waals surface area contributed by atoms with Gasteiger partial charge in [-0.1, -0.05) is 45.9 Å². The first kappa shape index (κ1) is 18.7. The summed E-state index contributed by atoms with van der Waals surface area (Å²) in [6.45, 7) is 12.1. The summed E-state index contributed by atoms with van der Waals surface area (Å²) in [7, 11) is 0. The Morgan fingerprint density at radius 1 is 0.600 bits per heavy atom. The molecule has 4 rings (SSSR count). The third-order valence-electron chi connectivity index (χ3n) is 4.67. The van der Waals surface area contributed by atoms with E-state index in [0.29, 0.717) is 0 Å². The third-order valence-corrected chi connectivity index (χ3v) is 4.67. The molecule has 0 bridgehead atoms. The maximum Gasteiger partial charge on any atom is 0.0430 e. The van der Waals surface area contributed by atoms with Gasteiger partial charge in [0, 0.05) is 27.8 Å². The SMILES string of the molecule is CC.CC.Cc1c(N)c2cccc3c(C)c(N)c4cc(N)cc1c4c32. The van der Waals surface area contributed by atoms with Gasteiger partial charge in [-0.15, -0.1) is 0 Å². The van der Waals surface area contributed by atoms with Crippen molar-refractivity contribution in [3.8, 4) is 0 Å². The third kappa shape index (κ3) is 2.60. The van der Waals surface area contributed by atoms with Crippen LogP contribution < -0.4 is 17.2 Å². The molecule has 0 saturated carbocycles. The molecule has 0 aliphatic carbocycles. The number of nitrogen functional groups attached to an aromatic ring is 3. The predicted molar refractivity (Wildman–Crippen MR) is 116 cm³/mol. The Labute approximate surface area is 150 Å². The Bertz CT molecular complexity index is 957. The zero-order valence-electron chi connectivity index (χ0n) is 16.1. The highest BCUT2D eigenvalue weighted by molar-refractivity contribution is 6.30. The minimum Gasteiger partial charge on any atom is -0.399 e. The summed E-state index contributed by atoms with van der Waals surface area (Å²) in [6.07, 6.45) is 0. The van der Waals surface area contributed by atoms with Crippen LogP contribution in [0.5, 0.6) is 0 Å². The van der Waals surface area contributed by atoms with Crippen molar-refractivity contribution in [1.29, 1.82) is 0 Å². The molecule has 0 saturated heterocycles. The monoisotopic (exact) mass is 335 g/mol. The second-order valence-corrected chi connectivity index (χ2v) is 5.80. The van der Waals surface area contributed by atoms with E-state index >= 15 is 0 Å². The van der Waals surface area contributed by atoms with Crippen LogP contribution in [0.2, 0.25) is 0 Å². The molecule has 0 heterocycles. The number of anilines is 3. The number of nitrogens with two attached hydrogens (primary N) is 3. The largest absolute Gasteiger partial charge is 0.399 e. The van der Waals surface area contributed by atoms with Gasteiger partial charge in [-0.3, -0.25) is 0 Å². The Kier molecular flexibility index (Phi) is 5.27. The average molecular weight is 335 g/mol. The van der Waals surface area contributed by atoms with Crippen molar-refractivity contribution >= 4 is 49.4 Å². The molecule has 3 nitrogen and oxygen atoms in total. The Morgan fingerprint density at radius 2 is 1.04 bits per heavy atom. The topological polar surface area (TPSA) is 78.1 Å². The second kappa shape index (κ2) is 7.06. The molecule has 0 radical (unpaired) electrons. The lowest BCUT2D eigenvalue weighted by molar-refractivity contribution is 1.50. The Balaban J connectivity index is 0.000000528. The van der Waals surface area contributed by atoms with Crippen LogP contribution >= 0.6 is 0 Å². The minimum atomic E-state index is 0.717. The van der Waals surface area contributed by atoms with Gasteiger partial charge >= 0.3 is 0 Å². The molecule has 0 aliphatic rings. The molecular weight excluding hydrogens is 306 g/mol. The molecule has 0 spiro atoms. The molecule has 0 amide bonds. The van der Waals surface area contributed by atoms with Gasteiger partial charge in [0.25, 0.3) is 0 Å². The standard InChI is InChI=1S/C18H17N3.2C2H6/c1-8-11-4-3-5-12-15(11)16-13(9(2)17(12)20)6-10(19)7-14(16)18(8)21;2*1-2/h3-7H,19-21H2,1-2H3;2*1-2H3. The van der Waals surface area contributed by atoms with Crippen LogP contribution in [0.15, 0.2) is 30.3 Å². The van der Waals surface area contributed by atoms with Crippen LogP contribution in [0.3, 0.4) is 0 Å². The van der Waals surface area contributed by atoms with Crippen LogP contribution in [0.25, 0.3) is 32.3 Å². The smallest absolute Gasteiger partial charge is 0.0430 e. The van der Waals surface area contributed by atoms with E-state index < -0.39 is 0 Å². The molecule has 0 unspecified atom stereocenters. The number of benzene rings is 4. The van der Waals surface area contributed by atoms with E-state index in [-0.39, 0.29) is 0 Å². The van der Waals surface area contributed by atoms with Gasteiger partial charge in [-0.25, -0.2) is 0 Å². The zero-order chi connectivity index (χ0) is 18.9. The summed E-state index contributed by atoms with van der Waals surface area (Å²) < 4.78 is 0. The highest BCUT2D eigenvalue weighted by atomic mass is 14.6. The summed E-state index contributed by atoms with van der Waals surface area (Å²) in [4.78, 5) is 0. The van der Waals surface area contributed by atoms with Gasteiger partial charge in [0.15, 0.2) is 0 Å². The zero-order valence-corrected chi connectivity index (χ0v) is 16.1. The lowest BCUT2D eigenvalue weighted by Crippen LogP contribution is -2.00. The molecule has 25 heavy (non-hydrogen) atoms. The fraction of sp³-hybridized carbons (Fsp3) is 0.273. The van der Waals surface area contributed by atoms with Crippen LogP contribution in [0.1, 0.15) is 38.8 Å². The van der Waals surface area contributed by atoms with Crippen molar-refractivity contribution in [1.82, 2.24) is 0 Å². The van der Waals surface area contributed by atoms with Crippen LogP contribution in [-0.2, 0) is 0 Å². The van der Waals surface area contributed by atoms with E-state index in [1.54, 1.807) is 0 Å². The van der Waals surface area contributed by atoms with Crippen molar-refractivity contribution in [3.63, 3.8) is 0 Å². The molecule has 132 valence electrons. The fourth-order valence-corrected chi connectivity index (χ4v) is 3.49. The van der Waals surface area contributed by atoms with Crippen molar-refractivity contribution in [2.45, 2.75) is 41.5 Å². The molecule has 0 aliphatic heterocycles. The normalized spacial score (nSPS) is 10.5. The van der Waals surface area contributed by atoms with Gasteiger partial charge in [0.2, 0.25) is 0 Å². The van der Waals surface area contributed by atoms with Crippen molar-refractivity contribution in [2.75, 3.05) is 17.2 Å². The van der Waals surface area contributed by atoms with E-state index in [2.05, 4.69) is 19.1 Å². The minimum absolute atomic E-state index is 0.717. The lowest BCUT2D eigenvalue weighted by atomic mass is 9.87. The van der Waals surface area contributed by atoms with Gasteiger partial charge < -0.3 is 17.2 Å². The van der Waals surface area contributed by atoms with Gasteiger partial charge in [0.05, 0.1) is 0 Å². The first-order chi connectivity index (χ1) is 12.0. The molecule has 0 fully saturated rings. The van der Waals surface area contributed by atoms with Gasteiger partial charge in [-0.05, 0) is 58.7 Å². The van der Waals surface area contributed by atoms with E-state index in [9.17, 15) is 0 Å². The van der Waals surface area contributed by atoms with Crippen molar-refractivity contribution in [2.24, 2.45) is 0 Å². The van der Waals surface area contributed by atoms with Crippen molar-refractivity contribution in [3.05, 3.63) is 41.5 Å². The summed E-state index contributed by atoms with van der Waals surface area (Å²) in [6, 6.07) is 10.2. The van der Waals surface area contributed by atoms with Crippen LogP contribution in [0, 0.1) is 13.8 Å². The first-order valence-electron chi connectivity index (χ1n) is 9.01. The first-order valence-corrected chi connectivity index (χ1v) is 9.01. The molecule has 4 aromatic rings. The summed E-state index contributed by atoms with van der Waals surface area (Å²) in [5.74, 6) is 0. The number of aryl methyl sites for hydroxylation is 2. The molecule has 3 heteroatoms. The summed E-state index contributed by atoms with van der Waals surface area (Å²) in [5.41, 5.74) is 23.3. The van der Waals surface area contributed by atoms with Crippen LogP contribution in [-0.4, -0.2) is 0 Å². The highest BCUT2D eigenvalue weighted by Crippen LogP contribution is 2.44. The number of hydrogen-bond donors (Lipinski definition) is 3. The van der Waals surface area contributed by atoms with Crippen LogP contribution in [0.4, 0.5) is 17.1 Å². The maximum atomic E-state index is 6.37. The highest BCUT2D eigenvalue weighted by Gasteiger charge is 2.18. The number of hydrogen-bond acceptors (Lipinski definition) is 3. The second-order valence-electron chi connectivity index (χ2n) is 5.80. The molecule has 0 atom stereocenters. The van der Waals surface area contributed by atoms with E-state index in [0.717, 1.165) is 44.3 Å². The van der Waals surface area contributed by atoms with E-state index in [1.165, 1.54) is 16.2 Å². The van der Waals surface area contributed by atoms with Gasteiger partial charge in [-0.2, -0.15) is 0 Å². The Hall–Kier alpha value is -2.68. The van der Waals surface area contributed by atoms with E-state index in [1.807, 2.05) is 52.8 Å². The summed E-state index contributed by atoms with van der Waals surface area (Å²) in [5, 5.41) is 6.74. The van der Waals surface area contributed by atoms with E-state index in [4.69, 9.17) is 17.2 Å².